The smallest absolute Gasteiger partial charge is 0.254 e. The molecule has 0 radical (unpaired) electrons. The van der Waals surface area contributed by atoms with Crippen molar-refractivity contribution in [2.24, 2.45) is 0 Å². The lowest BCUT2D eigenvalue weighted by molar-refractivity contribution is -0.0445. The van der Waals surface area contributed by atoms with Gasteiger partial charge in [0.25, 0.3) is 5.91 Å². The number of nitrogens with two attached hydrogens (primary N) is 1. The number of amides is 1. The number of morpholine rings is 1. The molecule has 0 spiro atoms. The monoisotopic (exact) mass is 264 g/mol. The van der Waals surface area contributed by atoms with Crippen molar-refractivity contribution >= 4 is 11.6 Å². The molecule has 1 aliphatic carbocycles. The van der Waals surface area contributed by atoms with E-state index in [2.05, 4.69) is 0 Å². The molecule has 3 rings (SSSR count). The largest absolute Gasteiger partial charge is 0.396 e. The van der Waals surface area contributed by atoms with Crippen molar-refractivity contribution in [3.05, 3.63) is 29.6 Å². The molecule has 1 saturated heterocycles. The lowest BCUT2D eigenvalue weighted by Gasteiger charge is -2.37. The first-order valence-electron chi connectivity index (χ1n) is 6.64. The van der Waals surface area contributed by atoms with Crippen molar-refractivity contribution in [3.8, 4) is 0 Å². The van der Waals surface area contributed by atoms with E-state index in [1.165, 1.54) is 18.2 Å². The van der Waals surface area contributed by atoms with Gasteiger partial charge in [0.15, 0.2) is 0 Å². The molecular formula is C14H17FN2O2. The molecule has 1 aliphatic heterocycles. The molecule has 1 saturated carbocycles. The van der Waals surface area contributed by atoms with E-state index in [-0.39, 0.29) is 23.7 Å². The first-order chi connectivity index (χ1) is 9.16. The van der Waals surface area contributed by atoms with Crippen LogP contribution in [0.3, 0.4) is 0 Å². The summed E-state index contributed by atoms with van der Waals surface area (Å²) in [5.74, 6) is -0.566. The van der Waals surface area contributed by atoms with Crippen LogP contribution in [0.5, 0.6) is 0 Å². The zero-order chi connectivity index (χ0) is 13.4. The number of fused-ring (bicyclic) bond motifs is 1. The van der Waals surface area contributed by atoms with Gasteiger partial charge in [0, 0.05) is 12.1 Å². The highest BCUT2D eigenvalue weighted by Crippen LogP contribution is 2.30. The Labute approximate surface area is 111 Å². The summed E-state index contributed by atoms with van der Waals surface area (Å²) in [6, 6.07) is 4.31. The van der Waals surface area contributed by atoms with Gasteiger partial charge in [-0.2, -0.15) is 0 Å². The lowest BCUT2D eigenvalue weighted by atomic mass is 10.1. The van der Waals surface area contributed by atoms with Crippen LogP contribution in [0.2, 0.25) is 0 Å². The Morgan fingerprint density at radius 2 is 2.26 bits per heavy atom. The van der Waals surface area contributed by atoms with E-state index in [4.69, 9.17) is 10.5 Å². The Morgan fingerprint density at radius 1 is 1.42 bits per heavy atom. The molecule has 19 heavy (non-hydrogen) atoms. The van der Waals surface area contributed by atoms with E-state index in [0.717, 1.165) is 19.3 Å². The van der Waals surface area contributed by atoms with Gasteiger partial charge in [-0.05, 0) is 37.5 Å². The standard InChI is InChI=1S/C14H17FN2O2/c15-10-5-4-9(8-11(10)16)14(18)17-6-7-19-13-3-1-2-12(13)17/h4-5,8,12-13H,1-3,6-7,16H2. The molecule has 2 unspecified atom stereocenters. The second kappa shape index (κ2) is 4.81. The molecule has 2 fully saturated rings. The van der Waals surface area contributed by atoms with Crippen molar-refractivity contribution in [3.63, 3.8) is 0 Å². The maximum absolute atomic E-state index is 13.1. The Hall–Kier alpha value is -1.62. The molecule has 5 heteroatoms. The molecule has 2 N–H and O–H groups in total. The second-order valence-electron chi connectivity index (χ2n) is 5.14. The highest BCUT2D eigenvalue weighted by Gasteiger charge is 2.38. The van der Waals surface area contributed by atoms with Gasteiger partial charge < -0.3 is 15.4 Å². The van der Waals surface area contributed by atoms with Crippen LogP contribution in [-0.2, 0) is 4.74 Å². The Morgan fingerprint density at radius 3 is 3.05 bits per heavy atom. The lowest BCUT2D eigenvalue weighted by Crippen LogP contribution is -2.51. The Kier molecular flexibility index (Phi) is 3.14. The van der Waals surface area contributed by atoms with E-state index in [1.807, 2.05) is 4.90 Å². The van der Waals surface area contributed by atoms with Crippen molar-refractivity contribution in [2.75, 3.05) is 18.9 Å². The normalized spacial score (nSPS) is 26.3. The minimum Gasteiger partial charge on any atom is -0.396 e. The van der Waals surface area contributed by atoms with Gasteiger partial charge in [-0.1, -0.05) is 0 Å². The molecule has 102 valence electrons. The molecule has 1 amide bonds. The van der Waals surface area contributed by atoms with Crippen molar-refractivity contribution in [1.29, 1.82) is 0 Å². The fourth-order valence-corrected chi connectivity index (χ4v) is 3.02. The summed E-state index contributed by atoms with van der Waals surface area (Å²) in [7, 11) is 0. The number of ether oxygens (including phenoxy) is 1. The van der Waals surface area contributed by atoms with E-state index in [1.54, 1.807) is 0 Å². The summed E-state index contributed by atoms with van der Waals surface area (Å²) in [5.41, 5.74) is 5.99. The van der Waals surface area contributed by atoms with Crippen molar-refractivity contribution < 1.29 is 13.9 Å². The number of carbonyl (C=O) groups is 1. The van der Waals surface area contributed by atoms with Crippen LogP contribution in [0.1, 0.15) is 29.6 Å². The van der Waals surface area contributed by atoms with Crippen LogP contribution in [-0.4, -0.2) is 36.1 Å². The summed E-state index contributed by atoms with van der Waals surface area (Å²) in [4.78, 5) is 14.4. The van der Waals surface area contributed by atoms with Gasteiger partial charge in [0.2, 0.25) is 0 Å². The topological polar surface area (TPSA) is 55.6 Å². The fraction of sp³-hybridized carbons (Fsp3) is 0.500. The third-order valence-corrected chi connectivity index (χ3v) is 3.99. The molecular weight excluding hydrogens is 247 g/mol. The molecule has 4 nitrogen and oxygen atoms in total. The number of hydrogen-bond donors (Lipinski definition) is 1. The van der Waals surface area contributed by atoms with Crippen LogP contribution < -0.4 is 5.73 Å². The number of hydrogen-bond acceptors (Lipinski definition) is 3. The minimum absolute atomic E-state index is 0.0158. The third-order valence-electron chi connectivity index (χ3n) is 3.99. The number of nitrogens with zero attached hydrogens (tertiary/aromatic N) is 1. The Balaban J connectivity index is 1.84. The van der Waals surface area contributed by atoms with Crippen LogP contribution in [0.25, 0.3) is 0 Å². The molecule has 2 aliphatic rings. The first-order valence-corrected chi connectivity index (χ1v) is 6.64. The predicted octanol–water partition coefficient (Wildman–Crippen LogP) is 1.80. The summed E-state index contributed by atoms with van der Waals surface area (Å²) in [6.45, 7) is 1.17. The van der Waals surface area contributed by atoms with E-state index >= 15 is 0 Å². The van der Waals surface area contributed by atoms with Crippen LogP contribution >= 0.6 is 0 Å². The fourth-order valence-electron chi connectivity index (χ4n) is 3.02. The van der Waals surface area contributed by atoms with Gasteiger partial charge in [0.1, 0.15) is 5.82 Å². The molecule has 1 aromatic rings. The van der Waals surface area contributed by atoms with Gasteiger partial charge in [-0.25, -0.2) is 4.39 Å². The zero-order valence-electron chi connectivity index (χ0n) is 10.6. The number of anilines is 1. The average Bonchev–Trinajstić information content (AvgIpc) is 2.89. The first kappa shape index (κ1) is 12.4. The maximum atomic E-state index is 13.1. The van der Waals surface area contributed by atoms with Crippen molar-refractivity contribution in [1.82, 2.24) is 4.90 Å². The van der Waals surface area contributed by atoms with Gasteiger partial charge in [0.05, 0.1) is 24.4 Å². The maximum Gasteiger partial charge on any atom is 0.254 e. The molecule has 1 aromatic carbocycles. The quantitative estimate of drug-likeness (QED) is 0.787. The van der Waals surface area contributed by atoms with Crippen LogP contribution in [0, 0.1) is 5.82 Å². The number of nitrogen functional groups attached to an aromatic ring is 1. The number of rotatable bonds is 1. The Bertz CT molecular complexity index is 506. The molecule has 2 atom stereocenters. The van der Waals surface area contributed by atoms with Crippen molar-refractivity contribution in [2.45, 2.75) is 31.4 Å². The highest BCUT2D eigenvalue weighted by molar-refractivity contribution is 5.95. The van der Waals surface area contributed by atoms with Crippen LogP contribution in [0.15, 0.2) is 18.2 Å². The summed E-state index contributed by atoms with van der Waals surface area (Å²) < 4.78 is 18.8. The minimum atomic E-state index is -0.489. The molecule has 1 heterocycles. The number of halogens is 1. The zero-order valence-corrected chi connectivity index (χ0v) is 10.6. The van der Waals surface area contributed by atoms with Crippen LogP contribution in [0.4, 0.5) is 10.1 Å². The van der Waals surface area contributed by atoms with Gasteiger partial charge >= 0.3 is 0 Å². The van der Waals surface area contributed by atoms with E-state index < -0.39 is 5.82 Å². The van der Waals surface area contributed by atoms with E-state index in [9.17, 15) is 9.18 Å². The van der Waals surface area contributed by atoms with E-state index in [0.29, 0.717) is 18.7 Å². The highest BCUT2D eigenvalue weighted by atomic mass is 19.1. The van der Waals surface area contributed by atoms with Gasteiger partial charge in [-0.15, -0.1) is 0 Å². The summed E-state index contributed by atoms with van der Waals surface area (Å²) >= 11 is 0. The summed E-state index contributed by atoms with van der Waals surface area (Å²) in [6.07, 6.45) is 3.24. The summed E-state index contributed by atoms with van der Waals surface area (Å²) in [5, 5.41) is 0. The molecule has 0 bridgehead atoms. The van der Waals surface area contributed by atoms with Gasteiger partial charge in [-0.3, -0.25) is 4.79 Å². The average molecular weight is 264 g/mol. The number of carbonyl (C=O) groups excluding carboxylic acids is 1. The third kappa shape index (κ3) is 2.18. The molecule has 0 aromatic heterocycles. The predicted molar refractivity (Wildman–Crippen MR) is 69.2 cm³/mol. The SMILES string of the molecule is Nc1cc(C(=O)N2CCOC3CCCC32)ccc1F. The second-order valence-corrected chi connectivity index (χ2v) is 5.14. The number of benzene rings is 1.